The summed E-state index contributed by atoms with van der Waals surface area (Å²) in [5, 5.41) is 3.07. The third-order valence-electron chi connectivity index (χ3n) is 2.08. The molecule has 0 radical (unpaired) electrons. The van der Waals surface area contributed by atoms with E-state index in [2.05, 4.69) is 5.32 Å². The summed E-state index contributed by atoms with van der Waals surface area (Å²) in [6, 6.07) is 4.57. The maximum Gasteiger partial charge on any atom is 0.219 e. The van der Waals surface area contributed by atoms with Crippen LogP contribution in [0.15, 0.2) is 18.2 Å². The number of benzene rings is 1. The summed E-state index contributed by atoms with van der Waals surface area (Å²) in [4.78, 5) is 10.9. The quantitative estimate of drug-likeness (QED) is 0.845. The lowest BCUT2D eigenvalue weighted by Crippen LogP contribution is -2.24. The van der Waals surface area contributed by atoms with Crippen LogP contribution in [0.1, 0.15) is 18.9 Å². The van der Waals surface area contributed by atoms with Crippen LogP contribution in [0.4, 0.5) is 4.39 Å². The Morgan fingerprint density at radius 2 is 2.27 bits per heavy atom. The van der Waals surface area contributed by atoms with Gasteiger partial charge in [0.05, 0.1) is 0 Å². The minimum Gasteiger partial charge on any atom is -0.356 e. The molecule has 4 heteroatoms. The highest BCUT2D eigenvalue weighted by Crippen LogP contribution is 2.18. The number of hydrogen-bond donors (Lipinski definition) is 1. The van der Waals surface area contributed by atoms with Crippen molar-refractivity contribution in [2.24, 2.45) is 0 Å². The van der Waals surface area contributed by atoms with Crippen LogP contribution in [0.5, 0.6) is 0 Å². The van der Waals surface area contributed by atoms with Crippen molar-refractivity contribution in [3.63, 3.8) is 0 Å². The smallest absolute Gasteiger partial charge is 0.219 e. The maximum atomic E-state index is 13.3. The highest BCUT2D eigenvalue weighted by atomic mass is 35.5. The standard InChI is InChI=1S/C11H13ClFNO/c1-2-11(15)14-7-6-8-9(12)4-3-5-10(8)13/h3-5H,2,6-7H2,1H3,(H,14,15). The lowest BCUT2D eigenvalue weighted by atomic mass is 10.1. The number of hydrogen-bond acceptors (Lipinski definition) is 1. The molecule has 0 aromatic heterocycles. The van der Waals surface area contributed by atoms with E-state index >= 15 is 0 Å². The van der Waals surface area contributed by atoms with E-state index in [4.69, 9.17) is 11.6 Å². The molecule has 1 rings (SSSR count). The molecular weight excluding hydrogens is 217 g/mol. The van der Waals surface area contributed by atoms with Crippen LogP contribution in [0.25, 0.3) is 0 Å². The fourth-order valence-electron chi connectivity index (χ4n) is 1.22. The zero-order valence-corrected chi connectivity index (χ0v) is 9.27. The SMILES string of the molecule is CCC(=O)NCCc1c(F)cccc1Cl. The van der Waals surface area contributed by atoms with E-state index < -0.39 is 0 Å². The Balaban J connectivity index is 2.54. The topological polar surface area (TPSA) is 29.1 Å². The predicted octanol–water partition coefficient (Wildman–Crippen LogP) is 2.55. The average molecular weight is 230 g/mol. The number of nitrogens with one attached hydrogen (secondary N) is 1. The predicted molar refractivity (Wildman–Crippen MR) is 58.4 cm³/mol. The van der Waals surface area contributed by atoms with Crippen LogP contribution in [0.3, 0.4) is 0 Å². The second-order valence-electron chi connectivity index (χ2n) is 3.15. The van der Waals surface area contributed by atoms with Crippen molar-refractivity contribution in [1.29, 1.82) is 0 Å². The molecule has 0 fully saturated rings. The normalized spacial score (nSPS) is 10.1. The molecule has 15 heavy (non-hydrogen) atoms. The van der Waals surface area contributed by atoms with Gasteiger partial charge in [-0.2, -0.15) is 0 Å². The molecule has 1 aromatic carbocycles. The van der Waals surface area contributed by atoms with Crippen molar-refractivity contribution in [2.75, 3.05) is 6.54 Å². The molecule has 0 saturated heterocycles. The van der Waals surface area contributed by atoms with Gasteiger partial charge >= 0.3 is 0 Å². The zero-order valence-electron chi connectivity index (χ0n) is 8.52. The Labute approximate surface area is 93.4 Å². The molecule has 1 N–H and O–H groups in total. The van der Waals surface area contributed by atoms with E-state index in [0.717, 1.165) is 0 Å². The lowest BCUT2D eigenvalue weighted by molar-refractivity contribution is -0.120. The molecular formula is C11H13ClFNO. The van der Waals surface area contributed by atoms with Gasteiger partial charge < -0.3 is 5.32 Å². The van der Waals surface area contributed by atoms with Gasteiger partial charge in [-0.05, 0) is 18.6 Å². The Hall–Kier alpha value is -1.09. The third-order valence-corrected chi connectivity index (χ3v) is 2.43. The van der Waals surface area contributed by atoms with E-state index in [1.165, 1.54) is 6.07 Å². The first-order valence-corrected chi connectivity index (χ1v) is 5.22. The van der Waals surface area contributed by atoms with E-state index in [1.807, 2.05) is 0 Å². The summed E-state index contributed by atoms with van der Waals surface area (Å²) < 4.78 is 13.3. The highest BCUT2D eigenvalue weighted by molar-refractivity contribution is 6.31. The fraction of sp³-hybridized carbons (Fsp3) is 0.364. The van der Waals surface area contributed by atoms with Crippen LogP contribution in [-0.4, -0.2) is 12.5 Å². The molecule has 82 valence electrons. The van der Waals surface area contributed by atoms with Crippen LogP contribution < -0.4 is 5.32 Å². The summed E-state index contributed by atoms with van der Waals surface area (Å²) >= 11 is 5.83. The second kappa shape index (κ2) is 5.71. The van der Waals surface area contributed by atoms with E-state index in [0.29, 0.717) is 30.0 Å². The minimum atomic E-state index is -0.326. The first-order valence-electron chi connectivity index (χ1n) is 4.84. The molecule has 2 nitrogen and oxygen atoms in total. The molecule has 1 amide bonds. The number of halogens is 2. The van der Waals surface area contributed by atoms with Crippen LogP contribution in [-0.2, 0) is 11.2 Å². The number of rotatable bonds is 4. The van der Waals surface area contributed by atoms with Crippen molar-refractivity contribution < 1.29 is 9.18 Å². The van der Waals surface area contributed by atoms with E-state index in [-0.39, 0.29) is 11.7 Å². The first-order chi connectivity index (χ1) is 7.15. The number of carbonyl (C=O) groups is 1. The van der Waals surface area contributed by atoms with Crippen molar-refractivity contribution in [2.45, 2.75) is 19.8 Å². The van der Waals surface area contributed by atoms with E-state index in [9.17, 15) is 9.18 Å². The van der Waals surface area contributed by atoms with Crippen molar-refractivity contribution in [3.05, 3.63) is 34.6 Å². The Kier molecular flexibility index (Phi) is 4.56. The van der Waals surface area contributed by atoms with Crippen LogP contribution in [0.2, 0.25) is 5.02 Å². The fourth-order valence-corrected chi connectivity index (χ4v) is 1.48. The Bertz CT molecular complexity index is 334. The highest BCUT2D eigenvalue weighted by Gasteiger charge is 2.06. The summed E-state index contributed by atoms with van der Waals surface area (Å²) in [5.74, 6) is -0.365. The van der Waals surface area contributed by atoms with E-state index in [1.54, 1.807) is 19.1 Å². The minimum absolute atomic E-state index is 0.0394. The molecule has 0 aliphatic heterocycles. The molecule has 0 spiro atoms. The van der Waals surface area contributed by atoms with Gasteiger partial charge in [0, 0.05) is 23.6 Å². The second-order valence-corrected chi connectivity index (χ2v) is 3.56. The van der Waals surface area contributed by atoms with Crippen molar-refractivity contribution >= 4 is 17.5 Å². The van der Waals surface area contributed by atoms with Gasteiger partial charge in [0.1, 0.15) is 5.82 Å². The van der Waals surface area contributed by atoms with Gasteiger partial charge in [-0.3, -0.25) is 4.79 Å². The molecule has 0 saturated carbocycles. The maximum absolute atomic E-state index is 13.3. The summed E-state index contributed by atoms with van der Waals surface area (Å²) in [6.07, 6.45) is 0.849. The summed E-state index contributed by atoms with van der Waals surface area (Å²) in [6.45, 7) is 2.18. The average Bonchev–Trinajstić information content (AvgIpc) is 2.22. The Morgan fingerprint density at radius 3 is 2.87 bits per heavy atom. The Morgan fingerprint density at radius 1 is 1.53 bits per heavy atom. The monoisotopic (exact) mass is 229 g/mol. The number of carbonyl (C=O) groups excluding carboxylic acids is 1. The van der Waals surface area contributed by atoms with Gasteiger partial charge in [-0.25, -0.2) is 4.39 Å². The van der Waals surface area contributed by atoms with Gasteiger partial charge in [-0.1, -0.05) is 24.6 Å². The van der Waals surface area contributed by atoms with Gasteiger partial charge in [0.15, 0.2) is 0 Å². The molecule has 0 atom stereocenters. The molecule has 0 heterocycles. The molecule has 0 aliphatic carbocycles. The molecule has 1 aromatic rings. The van der Waals surface area contributed by atoms with Crippen LogP contribution >= 0.6 is 11.6 Å². The van der Waals surface area contributed by atoms with Crippen molar-refractivity contribution in [3.8, 4) is 0 Å². The summed E-state index contributed by atoms with van der Waals surface area (Å²) in [7, 11) is 0. The molecule has 0 aliphatic rings. The largest absolute Gasteiger partial charge is 0.356 e. The van der Waals surface area contributed by atoms with Crippen LogP contribution in [0, 0.1) is 5.82 Å². The molecule has 0 bridgehead atoms. The lowest BCUT2D eigenvalue weighted by Gasteiger charge is -2.06. The number of amides is 1. The first kappa shape index (κ1) is 12.0. The zero-order chi connectivity index (χ0) is 11.3. The van der Waals surface area contributed by atoms with Crippen molar-refractivity contribution in [1.82, 2.24) is 5.32 Å². The third kappa shape index (κ3) is 3.51. The summed E-state index contributed by atoms with van der Waals surface area (Å²) in [5.41, 5.74) is 0.454. The van der Waals surface area contributed by atoms with Gasteiger partial charge in [0.25, 0.3) is 0 Å². The molecule has 0 unspecified atom stereocenters. The van der Waals surface area contributed by atoms with Gasteiger partial charge in [0.2, 0.25) is 5.91 Å². The van der Waals surface area contributed by atoms with Gasteiger partial charge in [-0.15, -0.1) is 0 Å².